The lowest BCUT2D eigenvalue weighted by molar-refractivity contribution is 0.0527. The van der Waals surface area contributed by atoms with Crippen LogP contribution in [-0.4, -0.2) is 37.8 Å². The quantitative estimate of drug-likeness (QED) is 0.531. The molecule has 0 saturated carbocycles. The Kier molecular flexibility index (Phi) is 6.71. The van der Waals surface area contributed by atoms with Gasteiger partial charge in [-0.1, -0.05) is 0 Å². The first-order valence-electron chi connectivity index (χ1n) is 9.13. The van der Waals surface area contributed by atoms with Gasteiger partial charge in [0.05, 0.1) is 26.4 Å². The number of amides is 1. The fourth-order valence-electron chi connectivity index (χ4n) is 3.16. The van der Waals surface area contributed by atoms with Gasteiger partial charge in [0.1, 0.15) is 16.5 Å². The fraction of sp³-hybridized carbons (Fsp3) is 0.350. The summed E-state index contributed by atoms with van der Waals surface area (Å²) in [6.45, 7) is 2.06. The van der Waals surface area contributed by atoms with Gasteiger partial charge in [0.15, 0.2) is 5.11 Å². The molecule has 2 aromatic rings. The van der Waals surface area contributed by atoms with Crippen molar-refractivity contribution in [1.82, 2.24) is 5.32 Å². The van der Waals surface area contributed by atoms with Crippen LogP contribution in [0.3, 0.4) is 0 Å². The van der Waals surface area contributed by atoms with Crippen molar-refractivity contribution in [3.63, 3.8) is 0 Å². The molecule has 3 rings (SSSR count). The van der Waals surface area contributed by atoms with Crippen LogP contribution in [0.2, 0.25) is 0 Å². The molecule has 154 valence electrons. The number of methoxy groups -OCH3 is 2. The highest BCUT2D eigenvalue weighted by Gasteiger charge is 2.28. The summed E-state index contributed by atoms with van der Waals surface area (Å²) < 4.78 is 15.6. The van der Waals surface area contributed by atoms with Gasteiger partial charge in [-0.05, 0) is 56.1 Å². The lowest BCUT2D eigenvalue weighted by Gasteiger charge is -2.12. The van der Waals surface area contributed by atoms with E-state index in [0.29, 0.717) is 34.2 Å². The van der Waals surface area contributed by atoms with E-state index in [2.05, 4.69) is 10.6 Å². The van der Waals surface area contributed by atoms with Gasteiger partial charge in [0.2, 0.25) is 0 Å². The normalized spacial score (nSPS) is 12.1. The first kappa shape index (κ1) is 21.1. The van der Waals surface area contributed by atoms with Crippen molar-refractivity contribution < 1.29 is 23.8 Å². The zero-order valence-electron chi connectivity index (χ0n) is 16.4. The molecular formula is C20H22N2O5S2. The van der Waals surface area contributed by atoms with E-state index in [1.54, 1.807) is 25.1 Å². The number of ether oxygens (including phenoxy) is 3. The van der Waals surface area contributed by atoms with Crippen LogP contribution >= 0.6 is 23.6 Å². The summed E-state index contributed by atoms with van der Waals surface area (Å²) in [5.41, 5.74) is 1.87. The Hall–Kier alpha value is -2.65. The Balaban J connectivity index is 1.76. The maximum atomic E-state index is 12.6. The van der Waals surface area contributed by atoms with Crippen LogP contribution in [0.1, 0.15) is 44.5 Å². The molecule has 1 aromatic carbocycles. The first-order chi connectivity index (χ1) is 14.0. The third-order valence-corrected chi connectivity index (χ3v) is 5.88. The number of hydrogen-bond donors (Lipinski definition) is 2. The van der Waals surface area contributed by atoms with Gasteiger partial charge in [-0.25, -0.2) is 4.79 Å². The van der Waals surface area contributed by atoms with Crippen LogP contribution in [0.15, 0.2) is 18.2 Å². The lowest BCUT2D eigenvalue weighted by Crippen LogP contribution is -2.34. The Labute approximate surface area is 178 Å². The molecule has 1 heterocycles. The van der Waals surface area contributed by atoms with Gasteiger partial charge in [0, 0.05) is 16.5 Å². The van der Waals surface area contributed by atoms with E-state index in [1.165, 1.54) is 25.6 Å². The number of hydrogen-bond acceptors (Lipinski definition) is 7. The first-order valence-corrected chi connectivity index (χ1v) is 10.4. The summed E-state index contributed by atoms with van der Waals surface area (Å²) in [5.74, 6) is 0.197. The maximum absolute atomic E-state index is 12.6. The van der Waals surface area contributed by atoms with Gasteiger partial charge < -0.3 is 19.5 Å². The van der Waals surface area contributed by atoms with Crippen molar-refractivity contribution in [2.24, 2.45) is 0 Å². The van der Waals surface area contributed by atoms with Crippen molar-refractivity contribution in [1.29, 1.82) is 0 Å². The second kappa shape index (κ2) is 9.23. The topological polar surface area (TPSA) is 85.9 Å². The summed E-state index contributed by atoms with van der Waals surface area (Å²) in [6, 6.07) is 4.85. The van der Waals surface area contributed by atoms with Crippen LogP contribution in [0, 0.1) is 0 Å². The summed E-state index contributed by atoms with van der Waals surface area (Å²) in [5, 5.41) is 6.32. The van der Waals surface area contributed by atoms with Gasteiger partial charge in [0.25, 0.3) is 5.91 Å². The number of nitrogens with one attached hydrogen (secondary N) is 2. The standard InChI is InChI=1S/C20H22N2O5S2/c1-4-27-19(24)16-14-6-5-7-15(14)29-18(16)22-20(28)21-17(23)11-8-12(25-2)10-13(9-11)26-3/h8-10H,4-7H2,1-3H3,(H2,21,22,23,28). The fourth-order valence-corrected chi connectivity index (χ4v) is 4.70. The highest BCUT2D eigenvalue weighted by Crippen LogP contribution is 2.39. The number of carbonyl (C=O) groups excluding carboxylic acids is 2. The predicted molar refractivity (Wildman–Crippen MR) is 116 cm³/mol. The molecule has 29 heavy (non-hydrogen) atoms. The predicted octanol–water partition coefficient (Wildman–Crippen LogP) is 3.56. The minimum absolute atomic E-state index is 0.0993. The van der Waals surface area contributed by atoms with Crippen molar-refractivity contribution in [3.05, 3.63) is 39.8 Å². The molecule has 0 fully saturated rings. The van der Waals surface area contributed by atoms with Crippen LogP contribution in [0.5, 0.6) is 11.5 Å². The molecule has 7 nitrogen and oxygen atoms in total. The molecule has 0 aliphatic heterocycles. The lowest BCUT2D eigenvalue weighted by atomic mass is 10.1. The average Bonchev–Trinajstić information content (AvgIpc) is 3.28. The van der Waals surface area contributed by atoms with Gasteiger partial charge >= 0.3 is 5.97 Å². The van der Waals surface area contributed by atoms with Crippen LogP contribution < -0.4 is 20.1 Å². The second-order valence-corrected chi connectivity index (χ2v) is 7.80. The minimum atomic E-state index is -0.415. The zero-order valence-corrected chi connectivity index (χ0v) is 18.1. The molecule has 1 aliphatic rings. The largest absolute Gasteiger partial charge is 0.497 e. The number of esters is 1. The number of aryl methyl sites for hydroxylation is 1. The summed E-state index contributed by atoms with van der Waals surface area (Å²) in [7, 11) is 3.02. The molecule has 1 aromatic heterocycles. The van der Waals surface area contributed by atoms with E-state index >= 15 is 0 Å². The van der Waals surface area contributed by atoms with Crippen molar-refractivity contribution in [2.75, 3.05) is 26.1 Å². The molecule has 0 saturated heterocycles. The van der Waals surface area contributed by atoms with Gasteiger partial charge in [-0.3, -0.25) is 10.1 Å². The number of fused-ring (bicyclic) bond motifs is 1. The average molecular weight is 435 g/mol. The van der Waals surface area contributed by atoms with Gasteiger partial charge in [-0.15, -0.1) is 11.3 Å². The highest BCUT2D eigenvalue weighted by atomic mass is 32.1. The van der Waals surface area contributed by atoms with E-state index < -0.39 is 5.91 Å². The number of carbonyl (C=O) groups is 2. The molecule has 9 heteroatoms. The molecule has 0 atom stereocenters. The van der Waals surface area contributed by atoms with Crippen molar-refractivity contribution in [3.8, 4) is 11.5 Å². The van der Waals surface area contributed by atoms with Crippen molar-refractivity contribution >= 4 is 45.5 Å². The number of rotatable bonds is 6. The molecule has 0 bridgehead atoms. The Morgan fingerprint density at radius 3 is 2.45 bits per heavy atom. The van der Waals surface area contributed by atoms with E-state index in [9.17, 15) is 9.59 Å². The Morgan fingerprint density at radius 2 is 1.83 bits per heavy atom. The molecule has 1 aliphatic carbocycles. The molecule has 0 radical (unpaired) electrons. The van der Waals surface area contributed by atoms with E-state index in [1.807, 2.05) is 0 Å². The number of thiocarbonyl (C=S) groups is 1. The Morgan fingerprint density at radius 1 is 1.14 bits per heavy atom. The summed E-state index contributed by atoms with van der Waals surface area (Å²) >= 11 is 6.78. The van der Waals surface area contributed by atoms with E-state index in [-0.39, 0.29) is 11.1 Å². The SMILES string of the molecule is CCOC(=O)c1c(NC(=S)NC(=O)c2cc(OC)cc(OC)c2)sc2c1CCC2. The molecule has 0 unspecified atom stereocenters. The summed E-state index contributed by atoms with van der Waals surface area (Å²) in [6.07, 6.45) is 2.79. The minimum Gasteiger partial charge on any atom is -0.497 e. The summed E-state index contributed by atoms with van der Waals surface area (Å²) in [4.78, 5) is 26.2. The monoisotopic (exact) mass is 434 g/mol. The van der Waals surface area contributed by atoms with Crippen LogP contribution in [0.25, 0.3) is 0 Å². The number of thiophene rings is 1. The van der Waals surface area contributed by atoms with Crippen molar-refractivity contribution in [2.45, 2.75) is 26.2 Å². The molecule has 0 spiro atoms. The van der Waals surface area contributed by atoms with E-state index in [4.69, 9.17) is 26.4 Å². The smallest absolute Gasteiger partial charge is 0.341 e. The van der Waals surface area contributed by atoms with E-state index in [0.717, 1.165) is 29.7 Å². The third-order valence-electron chi connectivity index (χ3n) is 4.47. The van der Waals surface area contributed by atoms with Crippen LogP contribution in [0.4, 0.5) is 5.00 Å². The highest BCUT2D eigenvalue weighted by molar-refractivity contribution is 7.80. The third kappa shape index (κ3) is 4.68. The number of benzene rings is 1. The maximum Gasteiger partial charge on any atom is 0.341 e. The zero-order chi connectivity index (χ0) is 21.0. The van der Waals surface area contributed by atoms with Crippen LogP contribution in [-0.2, 0) is 17.6 Å². The molecular weight excluding hydrogens is 412 g/mol. The molecule has 1 amide bonds. The second-order valence-electron chi connectivity index (χ2n) is 6.29. The Bertz CT molecular complexity index is 932. The van der Waals surface area contributed by atoms with Gasteiger partial charge in [-0.2, -0.15) is 0 Å². The molecule has 2 N–H and O–H groups in total. The number of anilines is 1.